The van der Waals surface area contributed by atoms with Gasteiger partial charge in [-0.2, -0.15) is 5.10 Å². The van der Waals surface area contributed by atoms with E-state index in [-0.39, 0.29) is 12.5 Å². The predicted octanol–water partition coefficient (Wildman–Crippen LogP) is 8.29. The van der Waals surface area contributed by atoms with Crippen LogP contribution in [0, 0.1) is 12.7 Å². The molecule has 0 aliphatic rings. The van der Waals surface area contributed by atoms with Gasteiger partial charge < -0.3 is 9.88 Å². The van der Waals surface area contributed by atoms with E-state index in [1.165, 1.54) is 0 Å². The maximum absolute atomic E-state index is 15.5. The first-order chi connectivity index (χ1) is 20.1. The molecule has 41 heavy (non-hydrogen) atoms. The number of benzene rings is 4. The lowest BCUT2D eigenvalue weighted by atomic mass is 10.0. The normalized spacial score (nSPS) is 11.6. The summed E-state index contributed by atoms with van der Waals surface area (Å²) >= 11 is 7.25. The van der Waals surface area contributed by atoms with Crippen LogP contribution in [0.2, 0.25) is 5.02 Å². The Morgan fingerprint density at radius 2 is 1.68 bits per heavy atom. The molecule has 0 aliphatic heterocycles. The molecule has 2 aromatic heterocycles. The van der Waals surface area contributed by atoms with Gasteiger partial charge in [0, 0.05) is 21.9 Å². The van der Waals surface area contributed by atoms with Gasteiger partial charge in [0.2, 0.25) is 0 Å². The van der Waals surface area contributed by atoms with Gasteiger partial charge in [0.05, 0.1) is 46.9 Å². The van der Waals surface area contributed by atoms with E-state index in [4.69, 9.17) is 16.7 Å². The lowest BCUT2D eigenvalue weighted by Crippen LogP contribution is -2.19. The average molecular weight is 569 g/mol. The Morgan fingerprint density at radius 3 is 2.46 bits per heavy atom. The van der Waals surface area contributed by atoms with E-state index in [0.29, 0.717) is 43.1 Å². The molecule has 7 heteroatoms. The van der Waals surface area contributed by atoms with Crippen LogP contribution in [0.1, 0.15) is 23.1 Å². The van der Waals surface area contributed by atoms with Crippen LogP contribution in [-0.2, 0) is 13.0 Å². The number of aryl methyl sites for hydroxylation is 1. The number of aromatic nitrogens is 3. The van der Waals surface area contributed by atoms with Crippen LogP contribution in [-0.4, -0.2) is 34.1 Å². The first-order valence-corrected chi connectivity index (χ1v) is 14.3. The molecule has 6 aromatic rings. The molecule has 0 atom stereocenters. The van der Waals surface area contributed by atoms with Gasteiger partial charge in [0.25, 0.3) is 0 Å². The molecular weight excluding hydrogens is 538 g/mol. The molecule has 4 aromatic carbocycles. The Labute approximate surface area is 243 Å². The number of para-hydroxylation sites is 1. The summed E-state index contributed by atoms with van der Waals surface area (Å²) in [5, 5.41) is 10.4. The summed E-state index contributed by atoms with van der Waals surface area (Å²) in [7, 11) is 0. The van der Waals surface area contributed by atoms with Crippen molar-refractivity contribution in [1.82, 2.24) is 19.7 Å². The topological polar surface area (TPSA) is 34.8 Å². The van der Waals surface area contributed by atoms with Crippen LogP contribution in [0.5, 0.6) is 0 Å². The Morgan fingerprint density at radius 1 is 0.902 bits per heavy atom. The van der Waals surface area contributed by atoms with Crippen molar-refractivity contribution in [2.24, 2.45) is 0 Å². The molecule has 208 valence electrons. The van der Waals surface area contributed by atoms with E-state index in [1.54, 1.807) is 6.07 Å². The summed E-state index contributed by atoms with van der Waals surface area (Å²) in [6.45, 7) is 3.36. The highest BCUT2D eigenvalue weighted by Gasteiger charge is 2.23. The van der Waals surface area contributed by atoms with Gasteiger partial charge in [-0.3, -0.25) is 4.39 Å². The molecule has 0 saturated heterocycles. The number of fused-ring (bicyclic) bond motifs is 3. The smallest absolute Gasteiger partial charge is 0.128 e. The maximum Gasteiger partial charge on any atom is 0.128 e. The third-order valence-corrected chi connectivity index (χ3v) is 8.01. The van der Waals surface area contributed by atoms with Crippen LogP contribution >= 0.6 is 11.6 Å². The lowest BCUT2D eigenvalue weighted by Gasteiger charge is -2.15. The third-order valence-electron chi connectivity index (χ3n) is 7.64. The molecule has 0 spiro atoms. The summed E-state index contributed by atoms with van der Waals surface area (Å²) in [6.07, 6.45) is 3.03. The lowest BCUT2D eigenvalue weighted by molar-refractivity contribution is 0.460. The first-order valence-electron chi connectivity index (χ1n) is 13.9. The third kappa shape index (κ3) is 5.25. The SMILES string of the molecule is Cc1ccccc1-c1c(Cl)c2c3cnn(-c4ccccc4)c3ccc2n1Cc1ccc(CCNCCCF)cc1F. The molecule has 0 bridgehead atoms. The zero-order chi connectivity index (χ0) is 28.3. The van der Waals surface area contributed by atoms with Crippen molar-refractivity contribution >= 4 is 33.4 Å². The molecule has 0 saturated carbocycles. The van der Waals surface area contributed by atoms with Crippen molar-refractivity contribution in [3.05, 3.63) is 119 Å². The minimum Gasteiger partial charge on any atom is -0.335 e. The number of nitrogens with zero attached hydrogens (tertiary/aromatic N) is 3. The Bertz CT molecular complexity index is 1820. The van der Waals surface area contributed by atoms with Crippen LogP contribution in [0.4, 0.5) is 8.78 Å². The van der Waals surface area contributed by atoms with Gasteiger partial charge in [0.15, 0.2) is 0 Å². The summed E-state index contributed by atoms with van der Waals surface area (Å²) in [6, 6.07) is 27.7. The van der Waals surface area contributed by atoms with Crippen molar-refractivity contribution in [3.8, 4) is 16.9 Å². The fraction of sp³-hybridized carbons (Fsp3) is 0.206. The van der Waals surface area contributed by atoms with Crippen molar-refractivity contribution in [2.45, 2.75) is 26.3 Å². The van der Waals surface area contributed by atoms with Gasteiger partial charge in [0.1, 0.15) is 5.82 Å². The molecule has 0 aliphatic carbocycles. The number of hydrogen-bond donors (Lipinski definition) is 1. The van der Waals surface area contributed by atoms with E-state index in [1.807, 2.05) is 65.5 Å². The largest absolute Gasteiger partial charge is 0.335 e. The number of alkyl halides is 1. The van der Waals surface area contributed by atoms with Crippen LogP contribution in [0.25, 0.3) is 38.8 Å². The van der Waals surface area contributed by atoms with E-state index >= 15 is 4.39 Å². The number of halogens is 3. The molecule has 4 nitrogen and oxygen atoms in total. The molecule has 2 heterocycles. The molecule has 6 rings (SSSR count). The van der Waals surface area contributed by atoms with E-state index in [0.717, 1.165) is 49.9 Å². The standard InChI is InChI=1S/C34H31ClF2N4/c1-23-8-5-6-11-27(23)34-33(35)32-28-21-39-41(26-9-3-2-4-10-26)30(28)14-15-31(32)40(34)22-25-13-12-24(20-29(25)37)16-19-38-18-7-17-36/h2-6,8-15,20-21,38H,7,16-19,22H2,1H3. The van der Waals surface area contributed by atoms with Crippen LogP contribution < -0.4 is 5.32 Å². The van der Waals surface area contributed by atoms with Crippen LogP contribution in [0.3, 0.4) is 0 Å². The molecule has 0 fully saturated rings. The van der Waals surface area contributed by atoms with Gasteiger partial charge in [-0.15, -0.1) is 0 Å². The zero-order valence-corrected chi connectivity index (χ0v) is 23.6. The fourth-order valence-electron chi connectivity index (χ4n) is 5.54. The summed E-state index contributed by atoms with van der Waals surface area (Å²) in [5.74, 6) is -0.252. The molecule has 0 amide bonds. The zero-order valence-electron chi connectivity index (χ0n) is 22.9. The second-order valence-corrected chi connectivity index (χ2v) is 10.7. The summed E-state index contributed by atoms with van der Waals surface area (Å²) in [5.41, 5.74) is 7.30. The number of nitrogens with one attached hydrogen (secondary N) is 1. The second kappa shape index (κ2) is 11.9. The highest BCUT2D eigenvalue weighted by molar-refractivity contribution is 6.40. The average Bonchev–Trinajstić information content (AvgIpc) is 3.54. The fourth-order valence-corrected chi connectivity index (χ4v) is 5.94. The number of hydrogen-bond acceptors (Lipinski definition) is 2. The Balaban J connectivity index is 1.45. The van der Waals surface area contributed by atoms with Gasteiger partial charge in [-0.1, -0.05) is 66.2 Å². The second-order valence-electron chi connectivity index (χ2n) is 10.3. The van der Waals surface area contributed by atoms with Crippen molar-refractivity contribution in [3.63, 3.8) is 0 Å². The monoisotopic (exact) mass is 568 g/mol. The van der Waals surface area contributed by atoms with E-state index < -0.39 is 0 Å². The maximum atomic E-state index is 15.5. The minimum absolute atomic E-state index is 0.252. The Kier molecular flexibility index (Phi) is 7.86. The molecule has 0 unspecified atom stereocenters. The quantitative estimate of drug-likeness (QED) is 0.169. The van der Waals surface area contributed by atoms with Crippen molar-refractivity contribution in [2.75, 3.05) is 19.8 Å². The summed E-state index contributed by atoms with van der Waals surface area (Å²) < 4.78 is 31.9. The molecular formula is C34H31ClF2N4. The van der Waals surface area contributed by atoms with Gasteiger partial charge >= 0.3 is 0 Å². The van der Waals surface area contributed by atoms with Crippen LogP contribution in [0.15, 0.2) is 91.1 Å². The molecule has 0 radical (unpaired) electrons. The molecule has 1 N–H and O–H groups in total. The highest BCUT2D eigenvalue weighted by Crippen LogP contribution is 2.42. The van der Waals surface area contributed by atoms with Crippen molar-refractivity contribution < 1.29 is 8.78 Å². The predicted molar refractivity (Wildman–Crippen MR) is 164 cm³/mol. The minimum atomic E-state index is -0.334. The summed E-state index contributed by atoms with van der Waals surface area (Å²) in [4.78, 5) is 0. The van der Waals surface area contributed by atoms with Crippen molar-refractivity contribution in [1.29, 1.82) is 0 Å². The first kappa shape index (κ1) is 27.2. The Hall–Kier alpha value is -4.00. The van der Waals surface area contributed by atoms with E-state index in [9.17, 15) is 4.39 Å². The van der Waals surface area contributed by atoms with E-state index in [2.05, 4.69) is 41.1 Å². The van der Waals surface area contributed by atoms with Gasteiger partial charge in [-0.25, -0.2) is 9.07 Å². The number of rotatable bonds is 10. The highest BCUT2D eigenvalue weighted by atomic mass is 35.5. The van der Waals surface area contributed by atoms with Gasteiger partial charge in [-0.05, 0) is 74.3 Å².